The Morgan fingerprint density at radius 2 is 0.738 bits per heavy atom. The van der Waals surface area contributed by atoms with Crippen LogP contribution in [0.2, 0.25) is 0 Å². The third-order valence-electron chi connectivity index (χ3n) is 9.60. The lowest BCUT2D eigenvalue weighted by Gasteiger charge is -2.07. The van der Waals surface area contributed by atoms with E-state index in [1.807, 2.05) is 0 Å². The highest BCUT2D eigenvalue weighted by Crippen LogP contribution is 2.15. The molecule has 0 unspecified atom stereocenters. The van der Waals surface area contributed by atoms with Gasteiger partial charge in [-0.3, -0.25) is 0 Å². The minimum Gasteiger partial charge on any atom is -0.234 e. The van der Waals surface area contributed by atoms with Gasteiger partial charge in [0.25, 0.3) is 5.82 Å². The maximum atomic E-state index is 2.63. The zero-order valence-electron chi connectivity index (χ0n) is 29.6. The van der Waals surface area contributed by atoms with Gasteiger partial charge in [0.2, 0.25) is 0 Å². The molecule has 0 aliphatic carbocycles. The number of aromatic nitrogens is 2. The summed E-state index contributed by atoms with van der Waals surface area (Å²) in [4.78, 5) is 0. The van der Waals surface area contributed by atoms with Gasteiger partial charge in [0.05, 0.1) is 13.1 Å². The molecule has 0 N–H and O–H groups in total. The average Bonchev–Trinajstić information content (AvgIpc) is 3.38. The predicted octanol–water partition coefficient (Wildman–Crippen LogP) is 13.5. The van der Waals surface area contributed by atoms with Gasteiger partial charge in [-0.05, 0) is 32.1 Å². The largest absolute Gasteiger partial charge is 0.256 e. The molecule has 0 atom stereocenters. The molecule has 1 aromatic heterocycles. The van der Waals surface area contributed by atoms with Crippen molar-refractivity contribution in [1.29, 1.82) is 0 Å². The number of aryl methyl sites for hydroxylation is 2. The molecule has 0 bridgehead atoms. The first-order chi connectivity index (χ1) is 20.8. The predicted molar refractivity (Wildman–Crippen MR) is 188 cm³/mol. The smallest absolute Gasteiger partial charge is 0.234 e. The fourth-order valence-electron chi connectivity index (χ4n) is 6.68. The molecule has 0 saturated carbocycles. The normalized spacial score (nSPS) is 11.6. The van der Waals surface area contributed by atoms with E-state index in [2.05, 4.69) is 42.3 Å². The van der Waals surface area contributed by atoms with Crippen LogP contribution in [0.25, 0.3) is 0 Å². The van der Waals surface area contributed by atoms with E-state index in [1.54, 1.807) is 5.82 Å². The summed E-state index contributed by atoms with van der Waals surface area (Å²) in [6, 6.07) is 0. The molecule has 0 fully saturated rings. The van der Waals surface area contributed by atoms with E-state index in [4.69, 9.17) is 0 Å². The molecule has 0 aromatic carbocycles. The molecule has 1 heterocycles. The Labute approximate surface area is 266 Å². The van der Waals surface area contributed by atoms with Gasteiger partial charge in [-0.2, -0.15) is 0 Å². The van der Waals surface area contributed by atoms with Gasteiger partial charge in [-0.1, -0.05) is 188 Å². The van der Waals surface area contributed by atoms with Gasteiger partial charge < -0.3 is 0 Å². The maximum absolute atomic E-state index is 2.63. The molecular weight excluding hydrogens is 508 g/mol. The highest BCUT2D eigenvalue weighted by atomic mass is 15.1. The Morgan fingerprint density at radius 1 is 0.405 bits per heavy atom. The van der Waals surface area contributed by atoms with Crippen molar-refractivity contribution >= 4 is 0 Å². The lowest BCUT2D eigenvalue weighted by atomic mass is 10.0. The monoisotopic (exact) mass is 588 g/mol. The van der Waals surface area contributed by atoms with E-state index in [1.165, 1.54) is 219 Å². The summed E-state index contributed by atoms with van der Waals surface area (Å²) >= 11 is 0. The van der Waals surface area contributed by atoms with Crippen LogP contribution < -0.4 is 4.57 Å². The number of hydrogen-bond donors (Lipinski definition) is 0. The fourth-order valence-corrected chi connectivity index (χ4v) is 6.68. The highest BCUT2D eigenvalue weighted by Gasteiger charge is 2.16. The van der Waals surface area contributed by atoms with Crippen LogP contribution in [0, 0.1) is 0 Å². The number of unbranched alkanes of at least 4 members (excludes halogenated alkanes) is 28. The molecule has 0 radical (unpaired) electrons. The molecule has 0 aliphatic rings. The van der Waals surface area contributed by atoms with Gasteiger partial charge in [-0.25, -0.2) is 9.13 Å². The molecule has 0 amide bonds. The summed E-state index contributed by atoms with van der Waals surface area (Å²) in [5.74, 6) is 1.62. The van der Waals surface area contributed by atoms with E-state index < -0.39 is 0 Å². The van der Waals surface area contributed by atoms with Crippen LogP contribution in [0.3, 0.4) is 0 Å². The Morgan fingerprint density at radius 3 is 1.14 bits per heavy atom. The van der Waals surface area contributed by atoms with Crippen LogP contribution in [-0.4, -0.2) is 4.57 Å². The summed E-state index contributed by atoms with van der Waals surface area (Å²) in [6.07, 6.45) is 50.4. The second-order valence-corrected chi connectivity index (χ2v) is 13.8. The molecule has 2 nitrogen and oxygen atoms in total. The second-order valence-electron chi connectivity index (χ2n) is 13.8. The summed E-state index contributed by atoms with van der Waals surface area (Å²) in [6.45, 7) is 9.40. The van der Waals surface area contributed by atoms with Gasteiger partial charge in [0.1, 0.15) is 12.4 Å². The van der Waals surface area contributed by atoms with E-state index in [0.717, 1.165) is 0 Å². The minimum absolute atomic E-state index is 1.23. The summed E-state index contributed by atoms with van der Waals surface area (Å²) in [7, 11) is 0. The molecular formula is C40H79N2+. The van der Waals surface area contributed by atoms with Crippen LogP contribution in [0.1, 0.15) is 226 Å². The summed E-state index contributed by atoms with van der Waals surface area (Å²) < 4.78 is 5.27. The van der Waals surface area contributed by atoms with Gasteiger partial charge in [0.15, 0.2) is 0 Å². The number of nitrogens with zero attached hydrogens (tertiary/aromatic N) is 2. The number of imidazole rings is 1. The van der Waals surface area contributed by atoms with Crippen LogP contribution in [0.4, 0.5) is 0 Å². The van der Waals surface area contributed by atoms with E-state index in [-0.39, 0.29) is 0 Å². The van der Waals surface area contributed by atoms with Gasteiger partial charge >= 0.3 is 0 Å². The van der Waals surface area contributed by atoms with Crippen molar-refractivity contribution in [3.63, 3.8) is 0 Å². The Balaban J connectivity index is 2.26. The first kappa shape index (κ1) is 39.2. The average molecular weight is 588 g/mol. The molecule has 42 heavy (non-hydrogen) atoms. The van der Waals surface area contributed by atoms with Crippen molar-refractivity contribution in [1.82, 2.24) is 4.57 Å². The number of hydrogen-bond acceptors (Lipinski definition) is 0. The Kier molecular flexibility index (Phi) is 29.5. The molecule has 2 heteroatoms. The molecule has 0 spiro atoms. The number of rotatable bonds is 34. The molecule has 0 saturated heterocycles. The van der Waals surface area contributed by atoms with Crippen molar-refractivity contribution in [3.05, 3.63) is 18.2 Å². The zero-order chi connectivity index (χ0) is 30.2. The lowest BCUT2D eigenvalue weighted by molar-refractivity contribution is -0.704. The topological polar surface area (TPSA) is 8.81 Å². The highest BCUT2D eigenvalue weighted by molar-refractivity contribution is 4.84. The molecule has 1 aromatic rings. The van der Waals surface area contributed by atoms with Crippen molar-refractivity contribution in [2.75, 3.05) is 0 Å². The zero-order valence-corrected chi connectivity index (χ0v) is 29.6. The first-order valence-electron chi connectivity index (χ1n) is 19.9. The fraction of sp³-hybridized carbons (Fsp3) is 0.925. The van der Waals surface area contributed by atoms with Crippen LogP contribution >= 0.6 is 0 Å². The molecule has 0 aliphatic heterocycles. The lowest BCUT2D eigenvalue weighted by Crippen LogP contribution is -2.37. The van der Waals surface area contributed by atoms with Crippen molar-refractivity contribution in [2.24, 2.45) is 0 Å². The summed E-state index contributed by atoms with van der Waals surface area (Å²) in [5, 5.41) is 0. The summed E-state index contributed by atoms with van der Waals surface area (Å²) in [5.41, 5.74) is 0. The van der Waals surface area contributed by atoms with Crippen molar-refractivity contribution < 1.29 is 4.57 Å². The van der Waals surface area contributed by atoms with Crippen molar-refractivity contribution in [2.45, 2.75) is 239 Å². The standard InChI is InChI=1S/C40H79N2/c1-4-7-10-13-16-18-20-21-23-25-28-31-34-37-42-39-38-41(40(42)35-32-29-26-15-12-9-6-3)36-33-30-27-24-22-19-17-14-11-8-5-2/h38-39H,4-37H2,1-3H3/q+1. The van der Waals surface area contributed by atoms with Crippen LogP contribution in [0.5, 0.6) is 0 Å². The van der Waals surface area contributed by atoms with Crippen LogP contribution in [-0.2, 0) is 19.5 Å². The van der Waals surface area contributed by atoms with E-state index in [0.29, 0.717) is 0 Å². The first-order valence-corrected chi connectivity index (χ1v) is 19.9. The minimum atomic E-state index is 1.23. The van der Waals surface area contributed by atoms with Crippen LogP contribution in [0.15, 0.2) is 12.4 Å². The quantitative estimate of drug-likeness (QED) is 0.0560. The second kappa shape index (κ2) is 31.6. The molecule has 248 valence electrons. The van der Waals surface area contributed by atoms with Gasteiger partial charge in [-0.15, -0.1) is 0 Å². The van der Waals surface area contributed by atoms with E-state index in [9.17, 15) is 0 Å². The molecule has 1 rings (SSSR count). The van der Waals surface area contributed by atoms with Crippen molar-refractivity contribution in [3.8, 4) is 0 Å². The third kappa shape index (κ3) is 23.6. The van der Waals surface area contributed by atoms with Gasteiger partial charge in [0, 0.05) is 6.42 Å². The van der Waals surface area contributed by atoms with E-state index >= 15 is 0 Å². The Hall–Kier alpha value is -0.790. The third-order valence-corrected chi connectivity index (χ3v) is 9.60. The maximum Gasteiger partial charge on any atom is 0.256 e. The SMILES string of the molecule is CCCCCCCCCCCCCCCn1cc[n+](CCCCCCCCCCCCC)c1CCCCCCCCC. The Bertz CT molecular complexity index is 648.